The maximum Gasteiger partial charge on any atom is 0.494 e. The van der Waals surface area contributed by atoms with Crippen molar-refractivity contribution in [3.05, 3.63) is 23.8 Å². The van der Waals surface area contributed by atoms with E-state index in [1.165, 1.54) is 5.56 Å². The first-order valence-corrected chi connectivity index (χ1v) is 7.08. The van der Waals surface area contributed by atoms with Gasteiger partial charge in [-0.2, -0.15) is 0 Å². The molecule has 0 atom stereocenters. The molecule has 1 aromatic carbocycles. The number of fused-ring (bicyclic) bond motifs is 1. The van der Waals surface area contributed by atoms with E-state index < -0.39 is 0 Å². The van der Waals surface area contributed by atoms with E-state index in [0.29, 0.717) is 6.73 Å². The van der Waals surface area contributed by atoms with Gasteiger partial charge in [-0.3, -0.25) is 4.90 Å². The quantitative estimate of drug-likeness (QED) is 0.731. The van der Waals surface area contributed by atoms with Crippen LogP contribution in [0.4, 0.5) is 0 Å². The molecular weight excluding hydrogens is 253 g/mol. The van der Waals surface area contributed by atoms with E-state index in [2.05, 4.69) is 38.7 Å². The third kappa shape index (κ3) is 2.24. The second-order valence-corrected chi connectivity index (χ2v) is 6.74. The Morgan fingerprint density at radius 2 is 1.75 bits per heavy atom. The summed E-state index contributed by atoms with van der Waals surface area (Å²) in [7, 11) is 1.74. The molecule has 20 heavy (non-hydrogen) atoms. The van der Waals surface area contributed by atoms with Crippen molar-refractivity contribution in [3.63, 3.8) is 0 Å². The van der Waals surface area contributed by atoms with Gasteiger partial charge in [-0.15, -0.1) is 0 Å². The fraction of sp³-hybridized carbons (Fsp3) is 0.600. The average molecular weight is 275 g/mol. The Morgan fingerprint density at radius 1 is 1.10 bits per heavy atom. The zero-order chi connectivity index (χ0) is 14.5. The van der Waals surface area contributed by atoms with Crippen molar-refractivity contribution in [1.82, 2.24) is 4.90 Å². The number of nitrogens with zero attached hydrogens (tertiary/aromatic N) is 1. The van der Waals surface area contributed by atoms with Crippen molar-refractivity contribution in [3.8, 4) is 5.75 Å². The standard InChI is InChI=1S/C15H22BNO3/c1-14(2)15(3,4)20-16(19-14)12-6-7-13-11(8-12)9-17(5)10-18-13/h6-8H,9-10H2,1-5H3. The molecule has 0 aliphatic carbocycles. The Kier molecular flexibility index (Phi) is 3.12. The summed E-state index contributed by atoms with van der Waals surface area (Å²) in [5, 5.41) is 0. The lowest BCUT2D eigenvalue weighted by Gasteiger charge is -2.32. The van der Waals surface area contributed by atoms with Crippen LogP contribution in [0.25, 0.3) is 0 Å². The van der Waals surface area contributed by atoms with Crippen LogP contribution in [0.5, 0.6) is 5.75 Å². The fourth-order valence-corrected chi connectivity index (χ4v) is 2.51. The highest BCUT2D eigenvalue weighted by Crippen LogP contribution is 2.36. The van der Waals surface area contributed by atoms with Gasteiger partial charge >= 0.3 is 7.12 Å². The number of hydrogen-bond acceptors (Lipinski definition) is 4. The van der Waals surface area contributed by atoms with Crippen molar-refractivity contribution in [2.45, 2.75) is 45.4 Å². The molecule has 0 N–H and O–H groups in total. The van der Waals surface area contributed by atoms with Crippen LogP contribution in [-0.2, 0) is 15.9 Å². The zero-order valence-corrected chi connectivity index (χ0v) is 12.9. The summed E-state index contributed by atoms with van der Waals surface area (Å²) in [5.41, 5.74) is 1.63. The molecule has 0 unspecified atom stereocenters. The summed E-state index contributed by atoms with van der Waals surface area (Å²) < 4.78 is 17.9. The van der Waals surface area contributed by atoms with E-state index in [1.54, 1.807) is 0 Å². The Hall–Kier alpha value is -1.04. The van der Waals surface area contributed by atoms with Gasteiger partial charge in [0.2, 0.25) is 0 Å². The van der Waals surface area contributed by atoms with Gasteiger partial charge in [-0.25, -0.2) is 0 Å². The van der Waals surface area contributed by atoms with Crippen LogP contribution in [0.3, 0.4) is 0 Å². The van der Waals surface area contributed by atoms with Crippen LogP contribution < -0.4 is 10.2 Å². The minimum Gasteiger partial charge on any atom is -0.478 e. The number of benzene rings is 1. The largest absolute Gasteiger partial charge is 0.494 e. The van der Waals surface area contributed by atoms with Gasteiger partial charge < -0.3 is 14.0 Å². The first-order chi connectivity index (χ1) is 9.28. The van der Waals surface area contributed by atoms with E-state index in [0.717, 1.165) is 17.8 Å². The van der Waals surface area contributed by atoms with Crippen LogP contribution in [-0.4, -0.2) is 37.0 Å². The molecule has 0 aromatic heterocycles. The van der Waals surface area contributed by atoms with E-state index >= 15 is 0 Å². The van der Waals surface area contributed by atoms with Crippen LogP contribution in [0.15, 0.2) is 18.2 Å². The van der Waals surface area contributed by atoms with E-state index in [4.69, 9.17) is 14.0 Å². The summed E-state index contributed by atoms with van der Waals surface area (Å²) in [6.07, 6.45) is 0. The molecule has 1 fully saturated rings. The highest BCUT2D eigenvalue weighted by Gasteiger charge is 2.51. The van der Waals surface area contributed by atoms with Crippen molar-refractivity contribution >= 4 is 12.6 Å². The molecule has 0 spiro atoms. The molecule has 1 saturated heterocycles. The van der Waals surface area contributed by atoms with Crippen LogP contribution in [0.2, 0.25) is 0 Å². The zero-order valence-electron chi connectivity index (χ0n) is 12.9. The topological polar surface area (TPSA) is 30.9 Å². The Bertz CT molecular complexity index is 514. The minimum atomic E-state index is -0.308. The molecule has 0 saturated carbocycles. The van der Waals surface area contributed by atoms with Crippen LogP contribution in [0.1, 0.15) is 33.3 Å². The third-order valence-electron chi connectivity index (χ3n) is 4.49. The molecule has 5 heteroatoms. The molecule has 2 aliphatic rings. The van der Waals surface area contributed by atoms with Crippen LogP contribution in [0, 0.1) is 0 Å². The predicted molar refractivity (Wildman–Crippen MR) is 79.1 cm³/mol. The SMILES string of the molecule is CN1COc2ccc(B3OC(C)(C)C(C)(C)O3)cc2C1. The second-order valence-electron chi connectivity index (χ2n) is 6.74. The molecular formula is C15H22BNO3. The van der Waals surface area contributed by atoms with E-state index in [9.17, 15) is 0 Å². The maximum absolute atomic E-state index is 6.09. The molecule has 2 heterocycles. The Labute approximate surface area is 121 Å². The van der Waals surface area contributed by atoms with Gasteiger partial charge in [0.1, 0.15) is 12.5 Å². The van der Waals surface area contributed by atoms with Gasteiger partial charge in [0, 0.05) is 12.1 Å². The number of rotatable bonds is 1. The lowest BCUT2D eigenvalue weighted by atomic mass is 9.78. The van der Waals surface area contributed by atoms with Crippen molar-refractivity contribution in [2.24, 2.45) is 0 Å². The van der Waals surface area contributed by atoms with Gasteiger partial charge in [-0.05, 0) is 46.3 Å². The smallest absolute Gasteiger partial charge is 0.478 e. The lowest BCUT2D eigenvalue weighted by Crippen LogP contribution is -2.41. The predicted octanol–water partition coefficient (Wildman–Crippen LogP) is 1.77. The molecule has 4 nitrogen and oxygen atoms in total. The van der Waals surface area contributed by atoms with Crippen molar-refractivity contribution in [2.75, 3.05) is 13.8 Å². The Balaban J connectivity index is 1.88. The summed E-state index contributed by atoms with van der Waals surface area (Å²) in [4.78, 5) is 2.14. The first kappa shape index (κ1) is 13.9. The van der Waals surface area contributed by atoms with Crippen LogP contribution >= 0.6 is 0 Å². The van der Waals surface area contributed by atoms with Crippen molar-refractivity contribution < 1.29 is 14.0 Å². The van der Waals surface area contributed by atoms with Gasteiger partial charge in [0.15, 0.2) is 0 Å². The number of hydrogen-bond donors (Lipinski definition) is 0. The summed E-state index contributed by atoms with van der Waals surface area (Å²) >= 11 is 0. The van der Waals surface area contributed by atoms with Gasteiger partial charge in [0.25, 0.3) is 0 Å². The first-order valence-electron chi connectivity index (χ1n) is 7.08. The molecule has 108 valence electrons. The molecule has 3 rings (SSSR count). The average Bonchev–Trinajstić information content (AvgIpc) is 2.57. The lowest BCUT2D eigenvalue weighted by molar-refractivity contribution is 0.00578. The number of ether oxygens (including phenoxy) is 1. The summed E-state index contributed by atoms with van der Waals surface area (Å²) in [6, 6.07) is 6.18. The highest BCUT2D eigenvalue weighted by atomic mass is 16.7. The molecule has 0 radical (unpaired) electrons. The molecule has 0 amide bonds. The summed E-state index contributed by atoms with van der Waals surface area (Å²) in [5.74, 6) is 0.961. The van der Waals surface area contributed by atoms with E-state index in [-0.39, 0.29) is 18.3 Å². The Morgan fingerprint density at radius 3 is 2.40 bits per heavy atom. The van der Waals surface area contributed by atoms with Gasteiger partial charge in [-0.1, -0.05) is 12.1 Å². The third-order valence-corrected chi connectivity index (χ3v) is 4.49. The fourth-order valence-electron chi connectivity index (χ4n) is 2.51. The maximum atomic E-state index is 6.09. The monoisotopic (exact) mass is 275 g/mol. The minimum absolute atomic E-state index is 0.305. The molecule has 1 aromatic rings. The van der Waals surface area contributed by atoms with Gasteiger partial charge in [0.05, 0.1) is 11.2 Å². The molecule has 2 aliphatic heterocycles. The highest BCUT2D eigenvalue weighted by molar-refractivity contribution is 6.62. The second kappa shape index (κ2) is 4.48. The van der Waals surface area contributed by atoms with E-state index in [1.807, 2.05) is 19.2 Å². The normalized spacial score (nSPS) is 24.4. The summed E-state index contributed by atoms with van der Waals surface area (Å²) in [6.45, 7) is 9.82. The molecule has 0 bridgehead atoms. The van der Waals surface area contributed by atoms with Crippen molar-refractivity contribution in [1.29, 1.82) is 0 Å².